The first-order chi connectivity index (χ1) is 10.5. The van der Waals surface area contributed by atoms with E-state index in [9.17, 15) is 9.18 Å². The monoisotopic (exact) mass is 320 g/mol. The van der Waals surface area contributed by atoms with Gasteiger partial charge in [0.25, 0.3) is 0 Å². The molecule has 2 heterocycles. The first-order valence-electron chi connectivity index (χ1n) is 6.22. The number of benzene rings is 1. The molecule has 0 amide bonds. The standard InChI is InChI=1S/C15H10ClFN2O3/c1-21-15(20)14-13(16)10(18)6-11(19-14)8-5-12-7(2-3-22-12)4-9(8)17/h2-6H,1H3,(H2,18,19). The Labute approximate surface area is 129 Å². The highest BCUT2D eigenvalue weighted by atomic mass is 35.5. The quantitative estimate of drug-likeness (QED) is 0.729. The van der Waals surface area contributed by atoms with Crippen LogP contribution in [0, 0.1) is 5.82 Å². The van der Waals surface area contributed by atoms with Crippen molar-refractivity contribution in [2.45, 2.75) is 0 Å². The molecule has 0 aliphatic carbocycles. The molecule has 3 aromatic rings. The summed E-state index contributed by atoms with van der Waals surface area (Å²) >= 11 is 5.94. The number of halogens is 2. The summed E-state index contributed by atoms with van der Waals surface area (Å²) in [7, 11) is 1.19. The number of methoxy groups -OCH3 is 1. The van der Waals surface area contributed by atoms with E-state index in [-0.39, 0.29) is 27.7 Å². The van der Waals surface area contributed by atoms with Crippen LogP contribution in [0.2, 0.25) is 5.02 Å². The minimum atomic E-state index is -0.752. The van der Waals surface area contributed by atoms with Gasteiger partial charge in [-0.1, -0.05) is 11.6 Å². The number of rotatable bonds is 2. The van der Waals surface area contributed by atoms with Crippen molar-refractivity contribution in [2.24, 2.45) is 0 Å². The van der Waals surface area contributed by atoms with Crippen LogP contribution in [0.4, 0.5) is 10.1 Å². The number of furan rings is 1. The van der Waals surface area contributed by atoms with Gasteiger partial charge in [-0.05, 0) is 24.3 Å². The molecular formula is C15H10ClFN2O3. The van der Waals surface area contributed by atoms with Crippen LogP contribution in [-0.4, -0.2) is 18.1 Å². The number of anilines is 1. The summed E-state index contributed by atoms with van der Waals surface area (Å²) in [6, 6.07) is 5.84. The number of hydrogen-bond donors (Lipinski definition) is 1. The van der Waals surface area contributed by atoms with E-state index in [1.165, 1.54) is 31.6 Å². The van der Waals surface area contributed by atoms with E-state index in [0.29, 0.717) is 11.0 Å². The summed E-state index contributed by atoms with van der Waals surface area (Å²) in [6.07, 6.45) is 1.46. The highest BCUT2D eigenvalue weighted by Gasteiger charge is 2.19. The van der Waals surface area contributed by atoms with Crippen molar-refractivity contribution in [1.29, 1.82) is 0 Å². The zero-order chi connectivity index (χ0) is 15.9. The summed E-state index contributed by atoms with van der Waals surface area (Å²) in [5, 5.41) is 0.589. The van der Waals surface area contributed by atoms with Gasteiger partial charge in [-0.2, -0.15) is 0 Å². The number of ether oxygens (including phenoxy) is 1. The third kappa shape index (κ3) is 2.27. The summed E-state index contributed by atoms with van der Waals surface area (Å²) < 4.78 is 24.1. The number of carbonyl (C=O) groups is 1. The highest BCUT2D eigenvalue weighted by Crippen LogP contribution is 2.32. The number of pyridine rings is 1. The molecule has 0 aliphatic heterocycles. The molecule has 0 saturated heterocycles. The van der Waals surface area contributed by atoms with Gasteiger partial charge in [0, 0.05) is 10.9 Å². The second-order valence-corrected chi connectivity index (χ2v) is 4.92. The maximum absolute atomic E-state index is 14.3. The topological polar surface area (TPSA) is 78.3 Å². The van der Waals surface area contributed by atoms with Crippen LogP contribution < -0.4 is 5.73 Å². The lowest BCUT2D eigenvalue weighted by Crippen LogP contribution is -2.08. The number of esters is 1. The van der Waals surface area contributed by atoms with E-state index in [4.69, 9.17) is 21.8 Å². The molecule has 0 bridgehead atoms. The van der Waals surface area contributed by atoms with Crippen molar-refractivity contribution < 1.29 is 18.3 Å². The van der Waals surface area contributed by atoms with E-state index in [2.05, 4.69) is 9.72 Å². The van der Waals surface area contributed by atoms with Crippen LogP contribution >= 0.6 is 11.6 Å². The number of nitrogens with zero attached hydrogens (tertiary/aromatic N) is 1. The Bertz CT molecular complexity index is 892. The molecule has 3 rings (SSSR count). The number of hydrogen-bond acceptors (Lipinski definition) is 5. The predicted molar refractivity (Wildman–Crippen MR) is 80.2 cm³/mol. The molecule has 0 unspecified atom stereocenters. The van der Waals surface area contributed by atoms with Gasteiger partial charge in [0.05, 0.1) is 29.8 Å². The van der Waals surface area contributed by atoms with Gasteiger partial charge in [0.1, 0.15) is 11.4 Å². The lowest BCUT2D eigenvalue weighted by molar-refractivity contribution is 0.0594. The third-order valence-electron chi connectivity index (χ3n) is 3.18. The molecule has 1 aromatic carbocycles. The van der Waals surface area contributed by atoms with Crippen molar-refractivity contribution in [3.63, 3.8) is 0 Å². The molecule has 22 heavy (non-hydrogen) atoms. The smallest absolute Gasteiger partial charge is 0.358 e. The predicted octanol–water partition coefficient (Wildman–Crippen LogP) is 3.66. The molecule has 5 nitrogen and oxygen atoms in total. The first kappa shape index (κ1) is 14.3. The van der Waals surface area contributed by atoms with Gasteiger partial charge >= 0.3 is 5.97 Å². The van der Waals surface area contributed by atoms with Gasteiger partial charge < -0.3 is 14.9 Å². The van der Waals surface area contributed by atoms with Crippen molar-refractivity contribution >= 4 is 34.2 Å². The molecule has 2 N–H and O–H groups in total. The molecule has 0 atom stereocenters. The average Bonchev–Trinajstić information content (AvgIpc) is 2.95. The number of nitrogen functional groups attached to an aromatic ring is 1. The van der Waals surface area contributed by atoms with Crippen molar-refractivity contribution in [1.82, 2.24) is 4.98 Å². The van der Waals surface area contributed by atoms with Crippen LogP contribution in [0.5, 0.6) is 0 Å². The van der Waals surface area contributed by atoms with Crippen molar-refractivity contribution in [3.8, 4) is 11.3 Å². The zero-order valence-corrected chi connectivity index (χ0v) is 12.1. The lowest BCUT2D eigenvalue weighted by Gasteiger charge is -2.09. The van der Waals surface area contributed by atoms with Gasteiger partial charge in [0.15, 0.2) is 5.69 Å². The van der Waals surface area contributed by atoms with E-state index >= 15 is 0 Å². The van der Waals surface area contributed by atoms with Crippen LogP contribution in [0.25, 0.3) is 22.2 Å². The summed E-state index contributed by atoms with van der Waals surface area (Å²) in [4.78, 5) is 15.7. The zero-order valence-electron chi connectivity index (χ0n) is 11.4. The SMILES string of the molecule is COC(=O)c1nc(-c2cc3occc3cc2F)cc(N)c1Cl. The fraction of sp³-hybridized carbons (Fsp3) is 0.0667. The van der Waals surface area contributed by atoms with Crippen LogP contribution in [-0.2, 0) is 4.74 Å². The Morgan fingerprint density at radius 2 is 2.18 bits per heavy atom. The minimum absolute atomic E-state index is 0.0323. The maximum atomic E-state index is 14.3. The molecule has 7 heteroatoms. The van der Waals surface area contributed by atoms with Gasteiger partial charge in [0.2, 0.25) is 0 Å². The highest BCUT2D eigenvalue weighted by molar-refractivity contribution is 6.35. The number of fused-ring (bicyclic) bond motifs is 1. The second kappa shape index (κ2) is 5.31. The lowest BCUT2D eigenvalue weighted by atomic mass is 10.1. The van der Waals surface area contributed by atoms with Gasteiger partial charge in [-0.25, -0.2) is 14.2 Å². The minimum Gasteiger partial charge on any atom is -0.464 e. The Hall–Kier alpha value is -2.60. The largest absolute Gasteiger partial charge is 0.464 e. The molecule has 112 valence electrons. The fourth-order valence-electron chi connectivity index (χ4n) is 2.10. The molecule has 2 aromatic heterocycles. The summed E-state index contributed by atoms with van der Waals surface area (Å²) in [5.41, 5.74) is 6.51. The molecule has 0 saturated carbocycles. The number of nitrogens with two attached hydrogens (primary N) is 1. The Balaban J connectivity index is 2.23. The molecule has 0 aliphatic rings. The molecule has 0 radical (unpaired) electrons. The van der Waals surface area contributed by atoms with Crippen LogP contribution in [0.1, 0.15) is 10.5 Å². The number of carbonyl (C=O) groups excluding carboxylic acids is 1. The summed E-state index contributed by atoms with van der Waals surface area (Å²) in [6.45, 7) is 0. The van der Waals surface area contributed by atoms with Gasteiger partial charge in [-0.15, -0.1) is 0 Å². The second-order valence-electron chi connectivity index (χ2n) is 4.54. The van der Waals surface area contributed by atoms with E-state index in [1.54, 1.807) is 6.07 Å². The number of aromatic nitrogens is 1. The van der Waals surface area contributed by atoms with Crippen LogP contribution in [0.3, 0.4) is 0 Å². The molecule has 0 fully saturated rings. The van der Waals surface area contributed by atoms with E-state index < -0.39 is 11.8 Å². The van der Waals surface area contributed by atoms with Crippen molar-refractivity contribution in [3.05, 3.63) is 47.1 Å². The third-order valence-corrected chi connectivity index (χ3v) is 3.58. The molecular weight excluding hydrogens is 311 g/mol. The summed E-state index contributed by atoms with van der Waals surface area (Å²) in [5.74, 6) is -1.27. The Morgan fingerprint density at radius 1 is 1.41 bits per heavy atom. The average molecular weight is 321 g/mol. The normalized spacial score (nSPS) is 10.9. The Morgan fingerprint density at radius 3 is 2.91 bits per heavy atom. The van der Waals surface area contributed by atoms with Crippen LogP contribution in [0.15, 0.2) is 34.9 Å². The molecule has 0 spiro atoms. The van der Waals surface area contributed by atoms with Gasteiger partial charge in [-0.3, -0.25) is 0 Å². The fourth-order valence-corrected chi connectivity index (χ4v) is 2.27. The van der Waals surface area contributed by atoms with E-state index in [0.717, 1.165) is 0 Å². The van der Waals surface area contributed by atoms with Crippen molar-refractivity contribution in [2.75, 3.05) is 12.8 Å². The maximum Gasteiger partial charge on any atom is 0.358 e. The van der Waals surface area contributed by atoms with E-state index in [1.807, 2.05) is 0 Å². The first-order valence-corrected chi connectivity index (χ1v) is 6.60. The Kier molecular flexibility index (Phi) is 3.46.